The average molecular weight is 344 g/mol. The van der Waals surface area contributed by atoms with E-state index in [1.807, 2.05) is 13.8 Å². The van der Waals surface area contributed by atoms with Crippen LogP contribution in [0.25, 0.3) is 0 Å². The molecule has 1 heterocycles. The number of carbonyl (C=O) groups is 2. The van der Waals surface area contributed by atoms with E-state index in [1.165, 1.54) is 0 Å². The highest BCUT2D eigenvalue weighted by Gasteiger charge is 2.37. The first-order chi connectivity index (χ1) is 10.8. The Labute approximate surface area is 139 Å². The van der Waals surface area contributed by atoms with E-state index in [0.29, 0.717) is 19.5 Å². The van der Waals surface area contributed by atoms with E-state index < -0.39 is 21.8 Å². The van der Waals surface area contributed by atoms with Crippen LogP contribution in [0.4, 0.5) is 0 Å². The molecule has 0 unspecified atom stereocenters. The van der Waals surface area contributed by atoms with Crippen molar-refractivity contribution in [3.05, 3.63) is 0 Å². The number of nitrogens with zero attached hydrogens (tertiary/aromatic N) is 1. The predicted molar refractivity (Wildman–Crippen MR) is 88.0 cm³/mol. The molecule has 0 aromatic carbocycles. The molecule has 1 N–H and O–H groups in total. The topological polar surface area (TPSA) is 83.6 Å². The third kappa shape index (κ3) is 5.48. The van der Waals surface area contributed by atoms with Gasteiger partial charge in [0.25, 0.3) is 0 Å². The molecule has 2 rings (SSSR count). The molecule has 1 aliphatic carbocycles. The van der Waals surface area contributed by atoms with Crippen LogP contribution in [-0.4, -0.2) is 44.0 Å². The Kier molecular flexibility index (Phi) is 6.06. The lowest BCUT2D eigenvalue weighted by Crippen LogP contribution is -2.47. The van der Waals surface area contributed by atoms with Gasteiger partial charge >= 0.3 is 0 Å². The van der Waals surface area contributed by atoms with Crippen molar-refractivity contribution < 1.29 is 18.0 Å². The summed E-state index contributed by atoms with van der Waals surface area (Å²) in [6, 6.07) is 0. The number of piperidine rings is 1. The van der Waals surface area contributed by atoms with Crippen LogP contribution in [0, 0.1) is 17.8 Å². The van der Waals surface area contributed by atoms with Crippen molar-refractivity contribution in [2.75, 3.05) is 18.8 Å². The minimum atomic E-state index is -3.60. The zero-order valence-corrected chi connectivity index (χ0v) is 14.9. The number of likely N-dealkylation sites (tertiary alicyclic amines) is 1. The Bertz CT molecular complexity index is 542. The fourth-order valence-electron chi connectivity index (χ4n) is 3.21. The Morgan fingerprint density at radius 2 is 1.91 bits per heavy atom. The Morgan fingerprint density at radius 1 is 1.22 bits per heavy atom. The van der Waals surface area contributed by atoms with Gasteiger partial charge in [-0.3, -0.25) is 14.3 Å². The zero-order valence-electron chi connectivity index (χ0n) is 14.1. The molecular formula is C16H28N2O4S. The van der Waals surface area contributed by atoms with Gasteiger partial charge < -0.3 is 4.90 Å². The summed E-state index contributed by atoms with van der Waals surface area (Å²) < 4.78 is 26.4. The quantitative estimate of drug-likeness (QED) is 0.759. The molecule has 7 heteroatoms. The Hall–Kier alpha value is -1.11. The van der Waals surface area contributed by atoms with Crippen molar-refractivity contribution in [3.63, 3.8) is 0 Å². The molecule has 0 bridgehead atoms. The van der Waals surface area contributed by atoms with Gasteiger partial charge in [0.1, 0.15) is 0 Å². The molecule has 1 aliphatic heterocycles. The second kappa shape index (κ2) is 7.64. The first-order valence-corrected chi connectivity index (χ1v) is 10.3. The maximum absolute atomic E-state index is 12.3. The number of carbonyl (C=O) groups excluding carboxylic acids is 2. The number of amides is 2. The highest BCUT2D eigenvalue weighted by molar-refractivity contribution is 7.90. The van der Waals surface area contributed by atoms with Crippen LogP contribution in [0.2, 0.25) is 0 Å². The van der Waals surface area contributed by atoms with Gasteiger partial charge in [-0.05, 0) is 38.0 Å². The van der Waals surface area contributed by atoms with Gasteiger partial charge in [0, 0.05) is 19.0 Å². The lowest BCUT2D eigenvalue weighted by molar-refractivity contribution is -0.136. The van der Waals surface area contributed by atoms with E-state index in [4.69, 9.17) is 0 Å². The van der Waals surface area contributed by atoms with Gasteiger partial charge in [0.05, 0.1) is 11.7 Å². The summed E-state index contributed by atoms with van der Waals surface area (Å²) in [4.78, 5) is 26.1. The first-order valence-electron chi connectivity index (χ1n) is 8.65. The third-order valence-corrected chi connectivity index (χ3v) is 6.09. The number of hydrogen-bond acceptors (Lipinski definition) is 4. The van der Waals surface area contributed by atoms with E-state index in [1.54, 1.807) is 4.90 Å². The molecule has 23 heavy (non-hydrogen) atoms. The van der Waals surface area contributed by atoms with Gasteiger partial charge in [-0.25, -0.2) is 8.42 Å². The van der Waals surface area contributed by atoms with Crippen LogP contribution in [0.1, 0.15) is 52.4 Å². The molecule has 0 aromatic rings. The smallest absolute Gasteiger partial charge is 0.238 e. The predicted octanol–water partition coefficient (Wildman–Crippen LogP) is 1.52. The van der Waals surface area contributed by atoms with Crippen LogP contribution >= 0.6 is 0 Å². The Balaban J connectivity index is 1.87. The summed E-state index contributed by atoms with van der Waals surface area (Å²) in [7, 11) is -3.60. The summed E-state index contributed by atoms with van der Waals surface area (Å²) in [6.45, 7) is 4.92. The van der Waals surface area contributed by atoms with Crippen molar-refractivity contribution in [2.45, 2.75) is 52.4 Å². The third-order valence-electron chi connectivity index (χ3n) is 4.57. The van der Waals surface area contributed by atoms with E-state index in [9.17, 15) is 18.0 Å². The maximum Gasteiger partial charge on any atom is 0.238 e. The van der Waals surface area contributed by atoms with Crippen LogP contribution < -0.4 is 4.72 Å². The zero-order chi connectivity index (χ0) is 17.0. The largest absolute Gasteiger partial charge is 0.342 e. The second-order valence-electron chi connectivity index (χ2n) is 7.04. The summed E-state index contributed by atoms with van der Waals surface area (Å²) in [5, 5.41) is 0. The Morgan fingerprint density at radius 3 is 2.52 bits per heavy atom. The van der Waals surface area contributed by atoms with Crippen molar-refractivity contribution in [1.29, 1.82) is 0 Å². The molecule has 0 spiro atoms. The molecule has 6 nitrogen and oxygen atoms in total. The standard InChI is InChI=1S/C16H28N2O4S/c1-3-5-12(2)11-23(21,22)17-15(19)14-6-4-9-18(10-14)16(20)13-7-8-13/h12-14H,3-11H2,1-2H3,(H,17,19)/t12-,14-/m0/s1. The monoisotopic (exact) mass is 344 g/mol. The van der Waals surface area contributed by atoms with Gasteiger partial charge in [0.15, 0.2) is 0 Å². The second-order valence-corrected chi connectivity index (χ2v) is 8.81. The molecule has 2 aliphatic rings. The summed E-state index contributed by atoms with van der Waals surface area (Å²) in [5.74, 6) is -0.601. The molecular weight excluding hydrogens is 316 g/mol. The minimum Gasteiger partial charge on any atom is -0.342 e. The number of sulfonamides is 1. The SMILES string of the molecule is CCC[C@H](C)CS(=O)(=O)NC(=O)[C@H]1CCCN(C(=O)C2CC2)C1. The minimum absolute atomic E-state index is 0.0238. The van der Waals surface area contributed by atoms with Crippen molar-refractivity contribution in [1.82, 2.24) is 9.62 Å². The molecule has 2 amide bonds. The van der Waals surface area contributed by atoms with Crippen LogP contribution in [0.5, 0.6) is 0 Å². The van der Waals surface area contributed by atoms with E-state index in [0.717, 1.165) is 32.1 Å². The normalized spacial score (nSPS) is 23.4. The molecule has 132 valence electrons. The molecule has 0 radical (unpaired) electrons. The van der Waals surface area contributed by atoms with Crippen LogP contribution in [0.15, 0.2) is 0 Å². The maximum atomic E-state index is 12.3. The summed E-state index contributed by atoms with van der Waals surface area (Å²) in [6.07, 6.45) is 5.02. The van der Waals surface area contributed by atoms with Gasteiger partial charge in [-0.15, -0.1) is 0 Å². The van der Waals surface area contributed by atoms with Crippen molar-refractivity contribution >= 4 is 21.8 Å². The number of rotatable bonds is 7. The van der Waals surface area contributed by atoms with Crippen LogP contribution in [0.3, 0.4) is 0 Å². The van der Waals surface area contributed by atoms with Crippen LogP contribution in [-0.2, 0) is 19.6 Å². The molecule has 2 atom stereocenters. The molecule has 1 saturated heterocycles. The number of hydrogen-bond donors (Lipinski definition) is 1. The van der Waals surface area contributed by atoms with Crippen molar-refractivity contribution in [3.8, 4) is 0 Å². The lowest BCUT2D eigenvalue weighted by Gasteiger charge is -2.32. The molecule has 0 aromatic heterocycles. The van der Waals surface area contributed by atoms with Crippen molar-refractivity contribution in [2.24, 2.45) is 17.8 Å². The van der Waals surface area contributed by atoms with E-state index in [-0.39, 0.29) is 23.5 Å². The van der Waals surface area contributed by atoms with Gasteiger partial charge in [-0.2, -0.15) is 0 Å². The highest BCUT2D eigenvalue weighted by atomic mass is 32.2. The lowest BCUT2D eigenvalue weighted by atomic mass is 9.97. The van der Waals surface area contributed by atoms with E-state index >= 15 is 0 Å². The van der Waals surface area contributed by atoms with Gasteiger partial charge in [-0.1, -0.05) is 20.3 Å². The summed E-state index contributed by atoms with van der Waals surface area (Å²) in [5.41, 5.74) is 0. The highest BCUT2D eigenvalue weighted by Crippen LogP contribution is 2.32. The molecule has 1 saturated carbocycles. The average Bonchev–Trinajstić information content (AvgIpc) is 3.30. The first kappa shape index (κ1) is 18.2. The van der Waals surface area contributed by atoms with Gasteiger partial charge in [0.2, 0.25) is 21.8 Å². The summed E-state index contributed by atoms with van der Waals surface area (Å²) >= 11 is 0. The van der Waals surface area contributed by atoms with E-state index in [2.05, 4.69) is 4.72 Å². The fraction of sp³-hybridized carbons (Fsp3) is 0.875. The fourth-order valence-corrected chi connectivity index (χ4v) is 4.68. The molecule has 2 fully saturated rings. The number of nitrogens with one attached hydrogen (secondary N) is 1.